The molecule has 7 heteroatoms. The summed E-state index contributed by atoms with van der Waals surface area (Å²) in [5, 5.41) is 0.274. The Morgan fingerprint density at radius 3 is 2.15 bits per heavy atom. The number of hydrogen-bond donors (Lipinski definition) is 0. The highest BCUT2D eigenvalue weighted by Gasteiger charge is 2.47. The lowest BCUT2D eigenvalue weighted by Crippen LogP contribution is -2.49. The molecule has 262 valence electrons. The minimum absolute atomic E-state index is 0.0200. The summed E-state index contributed by atoms with van der Waals surface area (Å²) in [6, 6.07) is 0. The minimum Gasteiger partial charge on any atom is -0.458 e. The normalized spacial score (nSPS) is 29.2. The molecule has 3 aliphatic carbocycles. The van der Waals surface area contributed by atoms with Crippen molar-refractivity contribution in [2.45, 2.75) is 175 Å². The summed E-state index contributed by atoms with van der Waals surface area (Å²) >= 11 is 0. The van der Waals surface area contributed by atoms with Gasteiger partial charge in [-0.15, -0.1) is 0 Å². The smallest absolute Gasteiger partial charge is 0.332 e. The quantitative estimate of drug-likeness (QED) is 0.139. The molecule has 0 N–H and O–H groups in total. The van der Waals surface area contributed by atoms with E-state index in [4.69, 9.17) is 18.3 Å². The largest absolute Gasteiger partial charge is 0.458 e. The maximum atomic E-state index is 12.3. The van der Waals surface area contributed by atoms with E-state index in [1.165, 1.54) is 16.7 Å². The first kappa shape index (κ1) is 39.2. The van der Waals surface area contributed by atoms with E-state index in [2.05, 4.69) is 106 Å². The van der Waals surface area contributed by atoms with Gasteiger partial charge in [-0.3, -0.25) is 0 Å². The molecule has 0 bridgehead atoms. The average Bonchev–Trinajstić information content (AvgIpc) is 3.23. The molecule has 5 nitrogen and oxygen atoms in total. The van der Waals surface area contributed by atoms with Gasteiger partial charge in [-0.25, -0.2) is 4.79 Å². The van der Waals surface area contributed by atoms with Crippen LogP contribution >= 0.6 is 0 Å². The third-order valence-electron chi connectivity index (χ3n) is 11.7. The molecular weight excluding hydrogens is 605 g/mol. The van der Waals surface area contributed by atoms with Crippen LogP contribution < -0.4 is 0 Å². The number of carbonyl (C=O) groups is 1. The van der Waals surface area contributed by atoms with Gasteiger partial charge in [0.1, 0.15) is 12.2 Å². The first-order valence-electron chi connectivity index (χ1n) is 17.8. The van der Waals surface area contributed by atoms with Crippen LogP contribution in [0, 0.1) is 11.3 Å². The Kier molecular flexibility index (Phi) is 11.9. The fraction of sp³-hybridized carbons (Fsp3) is 0.769. The van der Waals surface area contributed by atoms with Crippen molar-refractivity contribution in [2.75, 3.05) is 6.61 Å². The van der Waals surface area contributed by atoms with Gasteiger partial charge < -0.3 is 18.3 Å². The highest BCUT2D eigenvalue weighted by Crippen LogP contribution is 2.56. The standard InChI is InChI=1S/C39H68O5Si2/c1-27-30(24-31(43-45(13,14)37(6,7)8)25-34(27)44-46(15,16)38(9,10)11)20-19-29-18-17-23-39(12)32(21-22-33(29)39)28(2)41-26-35(40)42-36(3,4)5/h19-21,28,31,33-34H,1,17-18,22-26H2,2-16H3/b29-19+,30-20-/t28?,31-,33+,34+,39-/m1/s1. The second-order valence-corrected chi connectivity index (χ2v) is 28.0. The predicted octanol–water partition coefficient (Wildman–Crippen LogP) is 10.9. The Morgan fingerprint density at radius 2 is 1.59 bits per heavy atom. The van der Waals surface area contributed by atoms with Crippen molar-refractivity contribution in [3.8, 4) is 0 Å². The van der Waals surface area contributed by atoms with Crippen molar-refractivity contribution in [3.63, 3.8) is 0 Å². The molecule has 2 fully saturated rings. The van der Waals surface area contributed by atoms with Crippen LogP contribution in [-0.2, 0) is 23.1 Å². The zero-order valence-electron chi connectivity index (χ0n) is 32.2. The Morgan fingerprint density at radius 1 is 1.00 bits per heavy atom. The molecule has 0 saturated heterocycles. The Balaban J connectivity index is 1.85. The first-order valence-corrected chi connectivity index (χ1v) is 23.6. The third kappa shape index (κ3) is 9.25. The molecule has 0 aromatic rings. The van der Waals surface area contributed by atoms with Crippen molar-refractivity contribution in [1.82, 2.24) is 0 Å². The number of fused-ring (bicyclic) bond motifs is 1. The number of esters is 1. The van der Waals surface area contributed by atoms with Crippen LogP contribution in [0.25, 0.3) is 0 Å². The zero-order chi connectivity index (χ0) is 35.1. The summed E-state index contributed by atoms with van der Waals surface area (Å²) in [5.41, 5.74) is 4.76. The summed E-state index contributed by atoms with van der Waals surface area (Å²) in [6.07, 6.45) is 13.3. The van der Waals surface area contributed by atoms with E-state index in [0.29, 0.717) is 5.92 Å². The van der Waals surface area contributed by atoms with Crippen LogP contribution in [0.4, 0.5) is 0 Å². The Hall–Kier alpha value is -1.26. The van der Waals surface area contributed by atoms with E-state index < -0.39 is 22.2 Å². The number of ether oxygens (including phenoxy) is 2. The lowest BCUT2D eigenvalue weighted by molar-refractivity contribution is -0.161. The zero-order valence-corrected chi connectivity index (χ0v) is 34.2. The molecule has 0 aromatic heterocycles. The molecule has 0 aliphatic heterocycles. The van der Waals surface area contributed by atoms with E-state index in [1.807, 2.05) is 20.8 Å². The van der Waals surface area contributed by atoms with E-state index in [0.717, 1.165) is 44.1 Å². The van der Waals surface area contributed by atoms with Crippen molar-refractivity contribution < 1.29 is 23.1 Å². The number of rotatable bonds is 9. The molecule has 3 rings (SSSR count). The molecule has 0 heterocycles. The van der Waals surface area contributed by atoms with Crippen molar-refractivity contribution in [1.29, 1.82) is 0 Å². The summed E-state index contributed by atoms with van der Waals surface area (Å²) < 4.78 is 25.7. The Labute approximate surface area is 284 Å². The molecule has 5 atom stereocenters. The molecule has 3 aliphatic rings. The van der Waals surface area contributed by atoms with Crippen LogP contribution in [-0.4, -0.2) is 53.1 Å². The van der Waals surface area contributed by atoms with Gasteiger partial charge in [0.05, 0.1) is 18.3 Å². The molecule has 46 heavy (non-hydrogen) atoms. The predicted molar refractivity (Wildman–Crippen MR) is 198 cm³/mol. The summed E-state index contributed by atoms with van der Waals surface area (Å²) in [5.74, 6) is 0.131. The maximum absolute atomic E-state index is 12.3. The lowest BCUT2D eigenvalue weighted by Gasteiger charge is -2.45. The monoisotopic (exact) mass is 672 g/mol. The summed E-state index contributed by atoms with van der Waals surface area (Å²) in [4.78, 5) is 12.3. The maximum Gasteiger partial charge on any atom is 0.332 e. The highest BCUT2D eigenvalue weighted by molar-refractivity contribution is 6.74. The van der Waals surface area contributed by atoms with Crippen LogP contribution in [0.1, 0.15) is 115 Å². The van der Waals surface area contributed by atoms with E-state index in [1.54, 1.807) is 0 Å². The van der Waals surface area contributed by atoms with Gasteiger partial charge in [-0.05, 0) is 124 Å². The SMILES string of the molecule is C=C1/C(=C\C=C2/CCC[C@]3(C)C(C(C)OCC(=O)OC(C)(C)C)=CC[C@@H]23)C[C@@H](O[Si](C)(C)C(C)(C)C)C[C@@H]1O[Si](C)(C)C(C)(C)C. The van der Waals surface area contributed by atoms with E-state index in [-0.39, 0.29) is 46.4 Å². The van der Waals surface area contributed by atoms with Crippen molar-refractivity contribution in [3.05, 3.63) is 47.1 Å². The highest BCUT2D eigenvalue weighted by atomic mass is 28.4. The van der Waals surface area contributed by atoms with Gasteiger partial charge in [0, 0.05) is 6.42 Å². The van der Waals surface area contributed by atoms with Crippen LogP contribution in [0.5, 0.6) is 0 Å². The lowest BCUT2D eigenvalue weighted by atomic mass is 9.63. The second kappa shape index (κ2) is 13.9. The Bertz CT molecular complexity index is 1220. The first-order chi connectivity index (χ1) is 20.8. The van der Waals surface area contributed by atoms with Crippen molar-refractivity contribution in [2.24, 2.45) is 11.3 Å². The molecule has 0 spiro atoms. The molecular formula is C39H68O5Si2. The van der Waals surface area contributed by atoms with E-state index >= 15 is 0 Å². The number of allylic oxidation sites excluding steroid dienone is 4. The van der Waals surface area contributed by atoms with Gasteiger partial charge >= 0.3 is 5.97 Å². The van der Waals surface area contributed by atoms with Gasteiger partial charge in [0.15, 0.2) is 16.6 Å². The average molecular weight is 673 g/mol. The topological polar surface area (TPSA) is 54.0 Å². The van der Waals surface area contributed by atoms with Crippen LogP contribution in [0.15, 0.2) is 47.1 Å². The van der Waals surface area contributed by atoms with E-state index in [9.17, 15) is 4.79 Å². The molecule has 0 radical (unpaired) electrons. The number of carbonyl (C=O) groups excluding carboxylic acids is 1. The summed E-state index contributed by atoms with van der Waals surface area (Å²) in [7, 11) is -3.97. The minimum atomic E-state index is -2.01. The van der Waals surface area contributed by atoms with Crippen LogP contribution in [0.3, 0.4) is 0 Å². The summed E-state index contributed by atoms with van der Waals surface area (Å²) in [6.45, 7) is 38.0. The van der Waals surface area contributed by atoms with Crippen molar-refractivity contribution >= 4 is 22.6 Å². The third-order valence-corrected chi connectivity index (χ3v) is 20.7. The van der Waals surface area contributed by atoms with Gasteiger partial charge in [-0.1, -0.05) is 78.8 Å². The number of hydrogen-bond acceptors (Lipinski definition) is 5. The van der Waals surface area contributed by atoms with Crippen LogP contribution in [0.2, 0.25) is 36.3 Å². The molecule has 0 amide bonds. The molecule has 2 saturated carbocycles. The fourth-order valence-electron chi connectivity index (χ4n) is 6.90. The second-order valence-electron chi connectivity index (χ2n) is 18.5. The molecule has 1 unspecified atom stereocenters. The molecule has 0 aromatic carbocycles. The van der Waals surface area contributed by atoms with Gasteiger partial charge in [-0.2, -0.15) is 0 Å². The van der Waals surface area contributed by atoms with Gasteiger partial charge in [0.25, 0.3) is 0 Å². The van der Waals surface area contributed by atoms with Gasteiger partial charge in [0.2, 0.25) is 0 Å². The fourth-order valence-corrected chi connectivity index (χ4v) is 9.57.